The minimum Gasteiger partial charge on any atom is -0.489 e. The molecule has 3 rings (SSSR count). The monoisotopic (exact) mass is 394 g/mol. The van der Waals surface area contributed by atoms with Gasteiger partial charge in [-0.05, 0) is 29.8 Å². The second kappa shape index (κ2) is 7.55. The number of halogens is 4. The van der Waals surface area contributed by atoms with Crippen molar-refractivity contribution in [3.63, 3.8) is 0 Å². The average molecular weight is 395 g/mol. The van der Waals surface area contributed by atoms with Gasteiger partial charge in [0.05, 0.1) is 5.02 Å². The Labute approximate surface area is 156 Å². The van der Waals surface area contributed by atoms with Crippen LogP contribution in [0.25, 0.3) is 11.3 Å². The summed E-state index contributed by atoms with van der Waals surface area (Å²) < 4.78 is 46.2. The zero-order valence-electron chi connectivity index (χ0n) is 13.4. The molecule has 0 amide bonds. The Balaban J connectivity index is 1.71. The molecule has 1 heterocycles. The van der Waals surface area contributed by atoms with Gasteiger partial charge in [0.2, 0.25) is 0 Å². The van der Waals surface area contributed by atoms with E-state index < -0.39 is 12.1 Å². The number of nitriles is 1. The summed E-state index contributed by atoms with van der Waals surface area (Å²) in [5.74, 6) is -0.00360. The standard InChI is InChI=1S/C17H10ClF3N4O2/c18-13-6-10(4-5-15(13)27-17(19,20)21)9-26-12-3-1-2-11(7-12)16-14(8-22)23-25-24-16/h1-7H,9H2,(H,23,24,25). The fourth-order valence-corrected chi connectivity index (χ4v) is 2.49. The maximum atomic E-state index is 12.3. The van der Waals surface area contributed by atoms with E-state index >= 15 is 0 Å². The third-order valence-electron chi connectivity index (χ3n) is 3.40. The lowest BCUT2D eigenvalue weighted by Gasteiger charge is -2.12. The van der Waals surface area contributed by atoms with Crippen molar-refractivity contribution in [2.24, 2.45) is 0 Å². The van der Waals surface area contributed by atoms with Crippen molar-refractivity contribution in [3.8, 4) is 28.8 Å². The first-order chi connectivity index (χ1) is 12.9. The van der Waals surface area contributed by atoms with Crippen molar-refractivity contribution in [3.05, 3.63) is 58.7 Å². The molecule has 0 fully saturated rings. The summed E-state index contributed by atoms with van der Waals surface area (Å²) in [6.45, 7) is 0.0688. The van der Waals surface area contributed by atoms with Crippen LogP contribution in [0.3, 0.4) is 0 Å². The number of aromatic nitrogens is 3. The summed E-state index contributed by atoms with van der Waals surface area (Å²) in [6, 6.07) is 12.6. The van der Waals surface area contributed by atoms with Crippen molar-refractivity contribution in [1.29, 1.82) is 5.26 Å². The molecule has 3 aromatic rings. The lowest BCUT2D eigenvalue weighted by atomic mass is 10.1. The fraction of sp³-hybridized carbons (Fsp3) is 0.118. The fourth-order valence-electron chi connectivity index (χ4n) is 2.25. The highest BCUT2D eigenvalue weighted by Gasteiger charge is 2.32. The van der Waals surface area contributed by atoms with Gasteiger partial charge in [-0.15, -0.1) is 18.3 Å². The molecule has 138 valence electrons. The smallest absolute Gasteiger partial charge is 0.489 e. The summed E-state index contributed by atoms with van der Waals surface area (Å²) in [5, 5.41) is 18.8. The first kappa shape index (κ1) is 18.5. The second-order valence-electron chi connectivity index (χ2n) is 5.28. The predicted octanol–water partition coefficient (Wildman–Crippen LogP) is 4.47. The van der Waals surface area contributed by atoms with Crippen LogP contribution in [0.1, 0.15) is 11.3 Å². The lowest BCUT2D eigenvalue weighted by Crippen LogP contribution is -2.17. The summed E-state index contributed by atoms with van der Waals surface area (Å²) in [5.41, 5.74) is 1.79. The van der Waals surface area contributed by atoms with Gasteiger partial charge in [0.15, 0.2) is 5.69 Å². The van der Waals surface area contributed by atoms with Crippen LogP contribution in [0.5, 0.6) is 11.5 Å². The Bertz CT molecular complexity index is 998. The maximum Gasteiger partial charge on any atom is 0.573 e. The van der Waals surface area contributed by atoms with Gasteiger partial charge in [0, 0.05) is 5.56 Å². The number of benzene rings is 2. The molecular formula is C17H10ClF3N4O2. The number of ether oxygens (including phenoxy) is 2. The molecule has 2 aromatic carbocycles. The van der Waals surface area contributed by atoms with E-state index in [0.29, 0.717) is 22.6 Å². The molecule has 0 aliphatic rings. The van der Waals surface area contributed by atoms with Gasteiger partial charge in [-0.2, -0.15) is 5.26 Å². The quantitative estimate of drug-likeness (QED) is 0.690. The third-order valence-corrected chi connectivity index (χ3v) is 3.69. The zero-order chi connectivity index (χ0) is 19.4. The largest absolute Gasteiger partial charge is 0.573 e. The molecule has 0 radical (unpaired) electrons. The van der Waals surface area contributed by atoms with Crippen LogP contribution in [0, 0.1) is 11.3 Å². The third kappa shape index (κ3) is 4.68. The van der Waals surface area contributed by atoms with Gasteiger partial charge in [0.1, 0.15) is 29.9 Å². The molecule has 0 saturated heterocycles. The molecule has 10 heteroatoms. The Kier molecular flexibility index (Phi) is 5.19. The van der Waals surface area contributed by atoms with Gasteiger partial charge < -0.3 is 9.47 Å². The topological polar surface area (TPSA) is 83.8 Å². The van der Waals surface area contributed by atoms with Crippen LogP contribution in [0.15, 0.2) is 42.5 Å². The van der Waals surface area contributed by atoms with Crippen molar-refractivity contribution in [2.75, 3.05) is 0 Å². The number of rotatable bonds is 5. The van der Waals surface area contributed by atoms with Crippen LogP contribution >= 0.6 is 11.6 Å². The average Bonchev–Trinajstić information content (AvgIpc) is 3.10. The number of nitrogens with zero attached hydrogens (tertiary/aromatic N) is 3. The number of alkyl halides is 3. The van der Waals surface area contributed by atoms with E-state index in [4.69, 9.17) is 21.6 Å². The molecule has 0 bridgehead atoms. The summed E-state index contributed by atoms with van der Waals surface area (Å²) in [4.78, 5) is 0. The molecule has 0 aliphatic heterocycles. The normalized spacial score (nSPS) is 11.1. The van der Waals surface area contributed by atoms with Crippen molar-refractivity contribution < 1.29 is 22.6 Å². The minimum absolute atomic E-state index is 0.0688. The highest BCUT2D eigenvalue weighted by Crippen LogP contribution is 2.31. The van der Waals surface area contributed by atoms with Crippen LogP contribution < -0.4 is 9.47 Å². The first-order valence-electron chi connectivity index (χ1n) is 7.44. The van der Waals surface area contributed by atoms with E-state index in [9.17, 15) is 13.2 Å². The summed E-state index contributed by atoms with van der Waals surface area (Å²) in [6.07, 6.45) is -4.81. The van der Waals surface area contributed by atoms with Crippen LogP contribution in [-0.4, -0.2) is 21.8 Å². The maximum absolute atomic E-state index is 12.3. The number of hydrogen-bond donors (Lipinski definition) is 1. The van der Waals surface area contributed by atoms with E-state index in [1.807, 2.05) is 6.07 Å². The van der Waals surface area contributed by atoms with E-state index in [1.54, 1.807) is 24.3 Å². The molecule has 0 unspecified atom stereocenters. The van der Waals surface area contributed by atoms with Gasteiger partial charge in [-0.3, -0.25) is 0 Å². The van der Waals surface area contributed by atoms with Gasteiger partial charge in [0.25, 0.3) is 0 Å². The Hall–Kier alpha value is -3.25. The number of H-pyrrole nitrogens is 1. The SMILES string of the molecule is N#Cc1[nH]nnc1-c1cccc(OCc2ccc(OC(F)(F)F)c(Cl)c2)c1. The molecule has 1 aromatic heterocycles. The molecule has 6 nitrogen and oxygen atoms in total. The van der Waals surface area contributed by atoms with Crippen LogP contribution in [-0.2, 0) is 6.61 Å². The van der Waals surface area contributed by atoms with Crippen molar-refractivity contribution >= 4 is 11.6 Å². The van der Waals surface area contributed by atoms with E-state index in [-0.39, 0.29) is 17.3 Å². The minimum atomic E-state index is -4.81. The molecule has 0 atom stereocenters. The second-order valence-corrected chi connectivity index (χ2v) is 5.68. The first-order valence-corrected chi connectivity index (χ1v) is 7.82. The number of nitrogens with one attached hydrogen (secondary N) is 1. The van der Waals surface area contributed by atoms with Gasteiger partial charge in [-0.1, -0.05) is 35.0 Å². The highest BCUT2D eigenvalue weighted by molar-refractivity contribution is 6.32. The molecule has 0 aliphatic carbocycles. The summed E-state index contributed by atoms with van der Waals surface area (Å²) in [7, 11) is 0. The van der Waals surface area contributed by atoms with Crippen molar-refractivity contribution in [1.82, 2.24) is 15.4 Å². The Morgan fingerprint density at radius 3 is 2.70 bits per heavy atom. The zero-order valence-corrected chi connectivity index (χ0v) is 14.2. The molecule has 0 spiro atoms. The Morgan fingerprint density at radius 1 is 1.19 bits per heavy atom. The summed E-state index contributed by atoms with van der Waals surface area (Å²) >= 11 is 5.81. The lowest BCUT2D eigenvalue weighted by molar-refractivity contribution is -0.274. The molecule has 27 heavy (non-hydrogen) atoms. The van der Waals surface area contributed by atoms with E-state index in [0.717, 1.165) is 6.07 Å². The van der Waals surface area contributed by atoms with Crippen LogP contribution in [0.2, 0.25) is 5.02 Å². The molecule has 0 saturated carbocycles. The predicted molar refractivity (Wildman–Crippen MR) is 89.0 cm³/mol. The number of hydrogen-bond acceptors (Lipinski definition) is 5. The number of aromatic amines is 1. The van der Waals surface area contributed by atoms with Gasteiger partial charge in [-0.25, -0.2) is 5.10 Å². The van der Waals surface area contributed by atoms with E-state index in [1.165, 1.54) is 12.1 Å². The van der Waals surface area contributed by atoms with Crippen LogP contribution in [0.4, 0.5) is 13.2 Å². The van der Waals surface area contributed by atoms with Crippen molar-refractivity contribution in [2.45, 2.75) is 13.0 Å². The Morgan fingerprint density at radius 2 is 2.00 bits per heavy atom. The molecular weight excluding hydrogens is 385 g/mol. The van der Waals surface area contributed by atoms with E-state index in [2.05, 4.69) is 20.1 Å². The van der Waals surface area contributed by atoms with Gasteiger partial charge >= 0.3 is 6.36 Å². The highest BCUT2D eigenvalue weighted by atomic mass is 35.5. The molecule has 1 N–H and O–H groups in total.